The van der Waals surface area contributed by atoms with Crippen molar-refractivity contribution in [2.75, 3.05) is 5.32 Å². The van der Waals surface area contributed by atoms with Crippen molar-refractivity contribution in [3.63, 3.8) is 0 Å². The second kappa shape index (κ2) is 7.06. The molecule has 24 heavy (non-hydrogen) atoms. The molecular weight excluding hydrogens is 324 g/mol. The number of hydrogen-bond acceptors (Lipinski definition) is 3. The summed E-state index contributed by atoms with van der Waals surface area (Å²) in [6.45, 7) is 0. The summed E-state index contributed by atoms with van der Waals surface area (Å²) in [6.07, 6.45) is 1.42. The smallest absolute Gasteiger partial charge is 0.255 e. The van der Waals surface area contributed by atoms with Gasteiger partial charge in [0.15, 0.2) is 0 Å². The number of benzene rings is 2. The van der Waals surface area contributed by atoms with Gasteiger partial charge >= 0.3 is 0 Å². The van der Waals surface area contributed by atoms with Crippen LogP contribution in [0.25, 0.3) is 0 Å². The molecule has 2 aromatic carbocycles. The largest absolute Gasteiger partial charge is 0.321 e. The lowest BCUT2D eigenvalue weighted by Gasteiger charge is -2.08. The Morgan fingerprint density at radius 3 is 2.04 bits per heavy atom. The lowest BCUT2D eigenvalue weighted by molar-refractivity contribution is 0.102. The number of rotatable bonds is 4. The number of pyridine rings is 1. The maximum Gasteiger partial charge on any atom is 0.255 e. The molecule has 3 rings (SSSR count). The third-order valence-corrected chi connectivity index (χ3v) is 3.67. The van der Waals surface area contributed by atoms with Crippen molar-refractivity contribution in [2.45, 2.75) is 0 Å². The van der Waals surface area contributed by atoms with Crippen molar-refractivity contribution in [3.8, 4) is 0 Å². The van der Waals surface area contributed by atoms with Crippen LogP contribution < -0.4 is 5.32 Å². The first-order chi connectivity index (χ1) is 11.6. The molecule has 0 spiro atoms. The minimum Gasteiger partial charge on any atom is -0.321 e. The normalized spacial score (nSPS) is 10.2. The van der Waals surface area contributed by atoms with E-state index in [-0.39, 0.29) is 22.4 Å². The highest BCUT2D eigenvalue weighted by Gasteiger charge is 2.15. The van der Waals surface area contributed by atoms with Crippen LogP contribution in [0.1, 0.15) is 26.4 Å². The molecule has 0 bridgehead atoms. The summed E-state index contributed by atoms with van der Waals surface area (Å²) in [5, 5.41) is 2.90. The van der Waals surface area contributed by atoms with Gasteiger partial charge in [0.05, 0.1) is 16.9 Å². The number of hydrogen-bond donors (Lipinski definition) is 1. The number of carbonyl (C=O) groups excluding carboxylic acids is 2. The second-order valence-corrected chi connectivity index (χ2v) is 5.48. The summed E-state index contributed by atoms with van der Waals surface area (Å²) < 4.78 is 0. The molecule has 1 N–H and O–H groups in total. The van der Waals surface area contributed by atoms with E-state index in [9.17, 15) is 9.59 Å². The van der Waals surface area contributed by atoms with E-state index < -0.39 is 0 Å². The van der Waals surface area contributed by atoms with E-state index in [0.29, 0.717) is 16.8 Å². The van der Waals surface area contributed by atoms with Crippen LogP contribution in [0.5, 0.6) is 0 Å². The maximum atomic E-state index is 12.4. The highest BCUT2D eigenvalue weighted by Crippen LogP contribution is 2.21. The molecule has 0 fully saturated rings. The first-order valence-corrected chi connectivity index (χ1v) is 7.64. The molecule has 118 valence electrons. The molecule has 4 nitrogen and oxygen atoms in total. The van der Waals surface area contributed by atoms with Gasteiger partial charge in [-0.15, -0.1) is 0 Å². The Bertz CT molecular complexity index is 880. The standard InChI is InChI=1S/C19H13ClN2O2/c20-16-11-15(22-19(24)14-9-5-2-6-10-14)12-21-17(16)18(23)13-7-3-1-4-8-13/h1-12H,(H,22,24). The van der Waals surface area contributed by atoms with Crippen LogP contribution in [-0.4, -0.2) is 16.7 Å². The Labute approximate surface area is 144 Å². The van der Waals surface area contributed by atoms with Gasteiger partial charge in [0.2, 0.25) is 5.78 Å². The average molecular weight is 337 g/mol. The van der Waals surface area contributed by atoms with Crippen molar-refractivity contribution < 1.29 is 9.59 Å². The Morgan fingerprint density at radius 1 is 0.875 bits per heavy atom. The van der Waals surface area contributed by atoms with Gasteiger partial charge in [0.25, 0.3) is 5.91 Å². The van der Waals surface area contributed by atoms with E-state index in [0.717, 1.165) is 0 Å². The minimum absolute atomic E-state index is 0.153. The molecule has 0 aliphatic heterocycles. The molecule has 3 aromatic rings. The molecule has 1 aromatic heterocycles. The molecule has 0 aliphatic rings. The molecule has 5 heteroatoms. The van der Waals surface area contributed by atoms with E-state index in [1.165, 1.54) is 12.3 Å². The summed E-state index contributed by atoms with van der Waals surface area (Å²) in [5.74, 6) is -0.530. The van der Waals surface area contributed by atoms with Crippen molar-refractivity contribution in [3.05, 3.63) is 94.8 Å². The zero-order chi connectivity index (χ0) is 16.9. The zero-order valence-corrected chi connectivity index (χ0v) is 13.3. The van der Waals surface area contributed by atoms with Gasteiger partial charge in [-0.05, 0) is 18.2 Å². The Morgan fingerprint density at radius 2 is 1.46 bits per heavy atom. The van der Waals surface area contributed by atoms with E-state index in [1.807, 2.05) is 12.1 Å². The summed E-state index contributed by atoms with van der Waals surface area (Å²) in [5.41, 5.74) is 1.62. The molecular formula is C19H13ClN2O2. The van der Waals surface area contributed by atoms with Crippen LogP contribution in [0.3, 0.4) is 0 Å². The van der Waals surface area contributed by atoms with Crippen LogP contribution in [-0.2, 0) is 0 Å². The van der Waals surface area contributed by atoms with Crippen LogP contribution in [0.4, 0.5) is 5.69 Å². The molecule has 0 aliphatic carbocycles. The van der Waals surface area contributed by atoms with Crippen LogP contribution in [0, 0.1) is 0 Å². The number of halogens is 1. The summed E-state index contributed by atoms with van der Waals surface area (Å²) in [4.78, 5) is 28.6. The highest BCUT2D eigenvalue weighted by atomic mass is 35.5. The van der Waals surface area contributed by atoms with E-state index >= 15 is 0 Å². The Hall–Kier alpha value is -2.98. The fraction of sp³-hybridized carbons (Fsp3) is 0. The molecule has 0 radical (unpaired) electrons. The molecule has 0 saturated carbocycles. The van der Waals surface area contributed by atoms with Crippen molar-refractivity contribution >= 4 is 29.0 Å². The van der Waals surface area contributed by atoms with E-state index in [4.69, 9.17) is 11.6 Å². The number of nitrogens with one attached hydrogen (secondary N) is 1. The average Bonchev–Trinajstić information content (AvgIpc) is 2.63. The summed E-state index contributed by atoms with van der Waals surface area (Å²) in [7, 11) is 0. The fourth-order valence-electron chi connectivity index (χ4n) is 2.19. The highest BCUT2D eigenvalue weighted by molar-refractivity contribution is 6.34. The Balaban J connectivity index is 1.80. The van der Waals surface area contributed by atoms with Gasteiger partial charge in [-0.2, -0.15) is 0 Å². The lowest BCUT2D eigenvalue weighted by Crippen LogP contribution is -2.13. The predicted octanol–water partition coefficient (Wildman–Crippen LogP) is 4.22. The van der Waals surface area contributed by atoms with Crippen molar-refractivity contribution in [2.24, 2.45) is 0 Å². The summed E-state index contributed by atoms with van der Waals surface area (Å²) in [6, 6.07) is 19.1. The first-order valence-electron chi connectivity index (χ1n) is 7.27. The summed E-state index contributed by atoms with van der Waals surface area (Å²) >= 11 is 6.17. The van der Waals surface area contributed by atoms with Gasteiger partial charge in [-0.25, -0.2) is 4.98 Å². The topological polar surface area (TPSA) is 59.1 Å². The number of carbonyl (C=O) groups is 2. The Kier molecular flexibility index (Phi) is 4.68. The third kappa shape index (κ3) is 3.50. The van der Waals surface area contributed by atoms with E-state index in [1.54, 1.807) is 48.5 Å². The van der Waals surface area contributed by atoms with Crippen LogP contribution in [0.15, 0.2) is 72.9 Å². The van der Waals surface area contributed by atoms with Crippen molar-refractivity contribution in [1.82, 2.24) is 4.98 Å². The first kappa shape index (κ1) is 15.9. The third-order valence-electron chi connectivity index (χ3n) is 3.39. The van der Waals surface area contributed by atoms with Gasteiger partial charge in [0.1, 0.15) is 5.69 Å². The van der Waals surface area contributed by atoms with E-state index in [2.05, 4.69) is 10.3 Å². The predicted molar refractivity (Wildman–Crippen MR) is 93.5 cm³/mol. The van der Waals surface area contributed by atoms with Gasteiger partial charge < -0.3 is 5.32 Å². The number of nitrogens with zero attached hydrogens (tertiary/aromatic N) is 1. The zero-order valence-electron chi connectivity index (χ0n) is 12.6. The quantitative estimate of drug-likeness (QED) is 0.726. The van der Waals surface area contributed by atoms with Gasteiger partial charge in [0, 0.05) is 11.1 Å². The van der Waals surface area contributed by atoms with Gasteiger partial charge in [-0.1, -0.05) is 60.1 Å². The number of ketones is 1. The minimum atomic E-state index is -0.268. The number of aromatic nitrogens is 1. The van der Waals surface area contributed by atoms with Crippen molar-refractivity contribution in [1.29, 1.82) is 0 Å². The maximum absolute atomic E-state index is 12.4. The van der Waals surface area contributed by atoms with Crippen LogP contribution in [0.2, 0.25) is 5.02 Å². The molecule has 0 atom stereocenters. The molecule has 1 heterocycles. The SMILES string of the molecule is O=C(Nc1cnc(C(=O)c2ccccc2)c(Cl)c1)c1ccccc1. The van der Waals surface area contributed by atoms with Crippen LogP contribution >= 0.6 is 11.6 Å². The number of amides is 1. The second-order valence-electron chi connectivity index (χ2n) is 5.07. The lowest BCUT2D eigenvalue weighted by atomic mass is 10.1. The fourth-order valence-corrected chi connectivity index (χ4v) is 2.44. The molecule has 0 saturated heterocycles. The number of anilines is 1. The van der Waals surface area contributed by atoms with Gasteiger partial charge in [-0.3, -0.25) is 9.59 Å². The molecule has 0 unspecified atom stereocenters. The molecule has 1 amide bonds. The monoisotopic (exact) mass is 336 g/mol.